The highest BCUT2D eigenvalue weighted by Crippen LogP contribution is 2.20. The highest BCUT2D eigenvalue weighted by atomic mass is 16.4. The molecule has 0 spiro atoms. The molecule has 0 bridgehead atoms. The number of nitrogens with zero attached hydrogens (tertiary/aromatic N) is 4. The van der Waals surface area contributed by atoms with Crippen LogP contribution in [0.1, 0.15) is 21.8 Å². The maximum atomic E-state index is 12.5. The molecule has 27 heavy (non-hydrogen) atoms. The first-order valence-electron chi connectivity index (χ1n) is 9.15. The molecule has 4 rings (SSSR count). The normalized spacial score (nSPS) is 15.1. The molecule has 0 aliphatic carbocycles. The summed E-state index contributed by atoms with van der Waals surface area (Å²) >= 11 is 0. The van der Waals surface area contributed by atoms with Crippen LogP contribution < -0.4 is 0 Å². The smallest absolute Gasteiger partial charge is 0.253 e. The molecule has 1 aliphatic rings. The minimum absolute atomic E-state index is 0.0924. The number of piperazine rings is 1. The van der Waals surface area contributed by atoms with Gasteiger partial charge in [0.15, 0.2) is 0 Å². The molecule has 0 saturated carbocycles. The van der Waals surface area contributed by atoms with Crippen molar-refractivity contribution in [1.29, 1.82) is 0 Å². The molecule has 2 heterocycles. The molecule has 3 aromatic rings. The molecule has 0 N–H and O–H groups in total. The lowest BCUT2D eigenvalue weighted by Crippen LogP contribution is -2.48. The fraction of sp³-hybridized carbons (Fsp3) is 0.286. The van der Waals surface area contributed by atoms with Gasteiger partial charge in [-0.25, -0.2) is 0 Å². The lowest BCUT2D eigenvalue weighted by atomic mass is 10.1. The van der Waals surface area contributed by atoms with Gasteiger partial charge in [-0.1, -0.05) is 35.9 Å². The second kappa shape index (κ2) is 7.72. The van der Waals surface area contributed by atoms with Crippen LogP contribution in [0.2, 0.25) is 0 Å². The summed E-state index contributed by atoms with van der Waals surface area (Å²) in [5, 5.41) is 8.35. The minimum atomic E-state index is 0.0924. The summed E-state index contributed by atoms with van der Waals surface area (Å²) in [6.07, 6.45) is 0. The number of aryl methyl sites for hydroxylation is 1. The lowest BCUT2D eigenvalue weighted by molar-refractivity contribution is 0.0618. The van der Waals surface area contributed by atoms with Crippen molar-refractivity contribution in [1.82, 2.24) is 20.0 Å². The first-order chi connectivity index (χ1) is 13.2. The molecule has 2 aromatic carbocycles. The van der Waals surface area contributed by atoms with Gasteiger partial charge in [0, 0.05) is 37.3 Å². The summed E-state index contributed by atoms with van der Waals surface area (Å²) in [4.78, 5) is 16.7. The Balaban J connectivity index is 1.34. The topological polar surface area (TPSA) is 62.5 Å². The Morgan fingerprint density at radius 3 is 2.52 bits per heavy atom. The van der Waals surface area contributed by atoms with Crippen molar-refractivity contribution < 1.29 is 9.21 Å². The number of amides is 1. The van der Waals surface area contributed by atoms with Crippen LogP contribution in [0.3, 0.4) is 0 Å². The Labute approximate surface area is 158 Å². The molecule has 6 heteroatoms. The molecule has 1 amide bonds. The van der Waals surface area contributed by atoms with Crippen LogP contribution in [0.25, 0.3) is 11.5 Å². The summed E-state index contributed by atoms with van der Waals surface area (Å²) in [7, 11) is 0. The van der Waals surface area contributed by atoms with Crippen molar-refractivity contribution in [2.75, 3.05) is 26.2 Å². The zero-order valence-electron chi connectivity index (χ0n) is 15.3. The molecule has 1 aliphatic heterocycles. The monoisotopic (exact) mass is 362 g/mol. The van der Waals surface area contributed by atoms with Gasteiger partial charge in [-0.3, -0.25) is 9.69 Å². The van der Waals surface area contributed by atoms with Crippen LogP contribution in [-0.2, 0) is 6.54 Å². The molecular formula is C21H22N4O2. The van der Waals surface area contributed by atoms with Crippen molar-refractivity contribution in [3.05, 3.63) is 71.6 Å². The van der Waals surface area contributed by atoms with Crippen molar-refractivity contribution in [3.63, 3.8) is 0 Å². The molecule has 1 fully saturated rings. The summed E-state index contributed by atoms with van der Waals surface area (Å²) in [6, 6.07) is 17.5. The standard InChI is InChI=1S/C21H22N4O2/c1-16-6-5-9-18(14-16)20-23-22-19(27-20)15-24-10-12-25(13-11-24)21(26)17-7-3-2-4-8-17/h2-9,14H,10-13,15H2,1H3. The Bertz CT molecular complexity index is 915. The summed E-state index contributed by atoms with van der Waals surface area (Å²) in [6.45, 7) is 5.63. The van der Waals surface area contributed by atoms with Gasteiger partial charge in [-0.2, -0.15) is 0 Å². The van der Waals surface area contributed by atoms with Crippen molar-refractivity contribution in [2.24, 2.45) is 0 Å². The third-order valence-corrected chi connectivity index (χ3v) is 4.77. The zero-order valence-corrected chi connectivity index (χ0v) is 15.3. The van der Waals surface area contributed by atoms with Crippen molar-refractivity contribution >= 4 is 5.91 Å². The molecule has 1 aromatic heterocycles. The minimum Gasteiger partial charge on any atom is -0.419 e. The van der Waals surface area contributed by atoms with Gasteiger partial charge >= 0.3 is 0 Å². The van der Waals surface area contributed by atoms with Crippen LogP contribution >= 0.6 is 0 Å². The van der Waals surface area contributed by atoms with Gasteiger partial charge in [-0.05, 0) is 31.2 Å². The Hall–Kier alpha value is -2.99. The number of hydrogen-bond donors (Lipinski definition) is 0. The first kappa shape index (κ1) is 17.4. The van der Waals surface area contributed by atoms with E-state index in [1.807, 2.05) is 66.4 Å². The highest BCUT2D eigenvalue weighted by Gasteiger charge is 2.23. The largest absolute Gasteiger partial charge is 0.419 e. The summed E-state index contributed by atoms with van der Waals surface area (Å²) in [5.74, 6) is 1.25. The Morgan fingerprint density at radius 2 is 1.78 bits per heavy atom. The van der Waals surface area contributed by atoms with Gasteiger partial charge in [0.05, 0.1) is 6.54 Å². The van der Waals surface area contributed by atoms with Crippen molar-refractivity contribution in [2.45, 2.75) is 13.5 Å². The van der Waals surface area contributed by atoms with E-state index < -0.39 is 0 Å². The quantitative estimate of drug-likeness (QED) is 0.714. The third-order valence-electron chi connectivity index (χ3n) is 4.77. The predicted octanol–water partition coefficient (Wildman–Crippen LogP) is 3.00. The lowest BCUT2D eigenvalue weighted by Gasteiger charge is -2.34. The van der Waals surface area contributed by atoms with Gasteiger partial charge in [0.25, 0.3) is 5.91 Å². The third kappa shape index (κ3) is 4.06. The fourth-order valence-corrected chi connectivity index (χ4v) is 3.28. The number of carbonyl (C=O) groups excluding carboxylic acids is 1. The van der Waals surface area contributed by atoms with Gasteiger partial charge in [0.2, 0.25) is 11.8 Å². The van der Waals surface area contributed by atoms with Crippen LogP contribution in [0, 0.1) is 6.92 Å². The maximum Gasteiger partial charge on any atom is 0.253 e. The summed E-state index contributed by atoms with van der Waals surface area (Å²) in [5.41, 5.74) is 2.84. The molecular weight excluding hydrogens is 340 g/mol. The van der Waals surface area contributed by atoms with Crippen LogP contribution in [-0.4, -0.2) is 52.1 Å². The number of benzene rings is 2. The molecule has 0 radical (unpaired) electrons. The molecule has 138 valence electrons. The number of aromatic nitrogens is 2. The number of carbonyl (C=O) groups is 1. The molecule has 0 unspecified atom stereocenters. The van der Waals surface area contributed by atoms with Crippen LogP contribution in [0.5, 0.6) is 0 Å². The van der Waals surface area contributed by atoms with E-state index in [2.05, 4.69) is 15.1 Å². The van der Waals surface area contributed by atoms with E-state index in [0.717, 1.165) is 29.8 Å². The zero-order chi connectivity index (χ0) is 18.6. The van der Waals surface area contributed by atoms with Gasteiger partial charge in [-0.15, -0.1) is 10.2 Å². The average molecular weight is 362 g/mol. The van der Waals surface area contributed by atoms with E-state index in [1.54, 1.807) is 0 Å². The highest BCUT2D eigenvalue weighted by molar-refractivity contribution is 5.94. The summed E-state index contributed by atoms with van der Waals surface area (Å²) < 4.78 is 5.83. The number of hydrogen-bond acceptors (Lipinski definition) is 5. The van der Waals surface area contributed by atoms with Gasteiger partial charge < -0.3 is 9.32 Å². The van der Waals surface area contributed by atoms with E-state index in [0.29, 0.717) is 31.4 Å². The average Bonchev–Trinajstić information content (AvgIpc) is 3.17. The van der Waals surface area contributed by atoms with E-state index >= 15 is 0 Å². The second-order valence-corrected chi connectivity index (χ2v) is 6.80. The van der Waals surface area contributed by atoms with E-state index in [9.17, 15) is 4.79 Å². The predicted molar refractivity (Wildman–Crippen MR) is 102 cm³/mol. The van der Waals surface area contributed by atoms with Gasteiger partial charge in [0.1, 0.15) is 0 Å². The van der Waals surface area contributed by atoms with E-state index in [4.69, 9.17) is 4.42 Å². The van der Waals surface area contributed by atoms with Crippen molar-refractivity contribution in [3.8, 4) is 11.5 Å². The van der Waals surface area contributed by atoms with E-state index in [-0.39, 0.29) is 5.91 Å². The maximum absolute atomic E-state index is 12.5. The Morgan fingerprint density at radius 1 is 1.00 bits per heavy atom. The van der Waals surface area contributed by atoms with Crippen LogP contribution in [0.4, 0.5) is 0 Å². The molecule has 0 atom stereocenters. The fourth-order valence-electron chi connectivity index (χ4n) is 3.28. The number of rotatable bonds is 4. The first-order valence-corrected chi connectivity index (χ1v) is 9.15. The second-order valence-electron chi connectivity index (χ2n) is 6.80. The SMILES string of the molecule is Cc1cccc(-c2nnc(CN3CCN(C(=O)c4ccccc4)CC3)o2)c1. The Kier molecular flexibility index (Phi) is 4.98. The van der Waals surface area contributed by atoms with Crippen LogP contribution in [0.15, 0.2) is 59.0 Å². The molecule has 1 saturated heterocycles. The van der Waals surface area contributed by atoms with E-state index in [1.165, 1.54) is 0 Å². The molecule has 6 nitrogen and oxygen atoms in total.